The Morgan fingerprint density at radius 1 is 1.43 bits per heavy atom. The number of hydrogen-bond donors (Lipinski definition) is 3. The molecule has 0 heterocycles. The van der Waals surface area contributed by atoms with Crippen LogP contribution in [-0.4, -0.2) is 35.9 Å². The molecule has 0 aliphatic carbocycles. The van der Waals surface area contributed by atoms with E-state index < -0.39 is 17.9 Å². The van der Waals surface area contributed by atoms with Crippen molar-refractivity contribution in [3.8, 4) is 5.75 Å². The molecule has 0 fully saturated rings. The van der Waals surface area contributed by atoms with Crippen LogP contribution in [-0.2, 0) is 4.79 Å². The van der Waals surface area contributed by atoms with Gasteiger partial charge in [0.25, 0.3) is 5.91 Å². The number of amides is 1. The number of benzene rings is 1. The number of rotatable bonds is 7. The summed E-state index contributed by atoms with van der Waals surface area (Å²) in [7, 11) is 1.51. The van der Waals surface area contributed by atoms with E-state index in [2.05, 4.69) is 24.9 Å². The van der Waals surface area contributed by atoms with Crippen LogP contribution in [0, 0.1) is 0 Å². The molecule has 1 aromatic rings. The molecule has 0 aliphatic rings. The first-order valence-electron chi connectivity index (χ1n) is 6.77. The fraction of sp³-hybridized carbons (Fsp3) is 0.467. The second-order valence-electron chi connectivity index (χ2n) is 4.78. The Balaban J connectivity index is 3.12. The van der Waals surface area contributed by atoms with Crippen LogP contribution >= 0.6 is 12.6 Å². The van der Waals surface area contributed by atoms with Crippen molar-refractivity contribution >= 4 is 24.5 Å². The predicted octanol–water partition coefficient (Wildman–Crippen LogP) is 2.32. The van der Waals surface area contributed by atoms with Gasteiger partial charge < -0.3 is 15.2 Å². The van der Waals surface area contributed by atoms with Crippen LogP contribution in [0.2, 0.25) is 0 Å². The molecule has 0 radical (unpaired) electrons. The summed E-state index contributed by atoms with van der Waals surface area (Å²) in [5.41, 5.74) is 1.27. The summed E-state index contributed by atoms with van der Waals surface area (Å²) in [6.07, 6.45) is 0.913. The second kappa shape index (κ2) is 7.93. The van der Waals surface area contributed by atoms with Crippen LogP contribution in [0.5, 0.6) is 5.75 Å². The van der Waals surface area contributed by atoms with Crippen LogP contribution in [0.1, 0.15) is 42.1 Å². The molecule has 1 rings (SSSR count). The van der Waals surface area contributed by atoms with Crippen molar-refractivity contribution in [3.63, 3.8) is 0 Å². The van der Waals surface area contributed by atoms with E-state index in [-0.39, 0.29) is 11.7 Å². The van der Waals surface area contributed by atoms with Crippen LogP contribution in [0.25, 0.3) is 0 Å². The molecular weight excluding hydrogens is 290 g/mol. The number of aliphatic carboxylic acids is 1. The zero-order chi connectivity index (χ0) is 16.0. The first kappa shape index (κ1) is 17.4. The van der Waals surface area contributed by atoms with Crippen molar-refractivity contribution in [3.05, 3.63) is 29.3 Å². The van der Waals surface area contributed by atoms with Gasteiger partial charge in [-0.25, -0.2) is 4.79 Å². The molecule has 0 aromatic heterocycles. The van der Waals surface area contributed by atoms with E-state index in [4.69, 9.17) is 9.84 Å². The van der Waals surface area contributed by atoms with Gasteiger partial charge in [0.2, 0.25) is 0 Å². The lowest BCUT2D eigenvalue weighted by molar-refractivity contribution is -0.138. The number of ether oxygens (including phenoxy) is 1. The zero-order valence-corrected chi connectivity index (χ0v) is 13.3. The first-order chi connectivity index (χ1) is 9.96. The Bertz CT molecular complexity index is 518. The molecule has 1 aromatic carbocycles. The van der Waals surface area contributed by atoms with Crippen molar-refractivity contribution in [1.29, 1.82) is 0 Å². The van der Waals surface area contributed by atoms with E-state index in [0.29, 0.717) is 11.3 Å². The zero-order valence-electron chi connectivity index (χ0n) is 12.4. The molecule has 5 nitrogen and oxygen atoms in total. The summed E-state index contributed by atoms with van der Waals surface area (Å²) in [5, 5.41) is 11.4. The molecule has 1 unspecified atom stereocenters. The maximum Gasteiger partial charge on any atom is 0.327 e. The molecule has 1 amide bonds. The molecule has 0 bridgehead atoms. The summed E-state index contributed by atoms with van der Waals surface area (Å²) >= 11 is 3.93. The smallest absolute Gasteiger partial charge is 0.327 e. The van der Waals surface area contributed by atoms with E-state index in [9.17, 15) is 9.59 Å². The SMILES string of the molecule is CCC(C)c1cccc(C(=O)N[C@@H](CS)C(=O)O)c1OC. The highest BCUT2D eigenvalue weighted by Gasteiger charge is 2.23. The Labute approximate surface area is 130 Å². The van der Waals surface area contributed by atoms with E-state index >= 15 is 0 Å². The summed E-state index contributed by atoms with van der Waals surface area (Å²) < 4.78 is 5.37. The van der Waals surface area contributed by atoms with Gasteiger partial charge in [-0.1, -0.05) is 26.0 Å². The number of carbonyl (C=O) groups is 2. The van der Waals surface area contributed by atoms with Crippen LogP contribution < -0.4 is 10.1 Å². The minimum Gasteiger partial charge on any atom is -0.496 e. The normalized spacial score (nSPS) is 13.3. The Morgan fingerprint density at radius 3 is 2.57 bits per heavy atom. The van der Waals surface area contributed by atoms with Crippen molar-refractivity contribution < 1.29 is 19.4 Å². The highest BCUT2D eigenvalue weighted by Crippen LogP contribution is 2.31. The van der Waals surface area contributed by atoms with Gasteiger partial charge in [0.15, 0.2) is 0 Å². The van der Waals surface area contributed by atoms with Gasteiger partial charge >= 0.3 is 5.97 Å². The third-order valence-electron chi connectivity index (χ3n) is 3.42. The average molecular weight is 311 g/mol. The summed E-state index contributed by atoms with van der Waals surface area (Å²) in [6, 6.07) is 4.28. The topological polar surface area (TPSA) is 75.6 Å². The maximum absolute atomic E-state index is 12.3. The minimum absolute atomic E-state index is 0.0223. The van der Waals surface area contributed by atoms with Gasteiger partial charge in [0.1, 0.15) is 11.8 Å². The molecule has 6 heteroatoms. The molecule has 0 spiro atoms. The fourth-order valence-electron chi connectivity index (χ4n) is 1.99. The quantitative estimate of drug-likeness (QED) is 0.676. The summed E-state index contributed by atoms with van der Waals surface area (Å²) in [5.74, 6) is -0.830. The Kier molecular flexibility index (Phi) is 6.55. The fourth-order valence-corrected chi connectivity index (χ4v) is 2.24. The van der Waals surface area contributed by atoms with Crippen molar-refractivity contribution in [2.24, 2.45) is 0 Å². The molecule has 116 valence electrons. The Hall–Kier alpha value is -1.69. The van der Waals surface area contributed by atoms with Crippen molar-refractivity contribution in [2.45, 2.75) is 32.2 Å². The van der Waals surface area contributed by atoms with E-state index in [1.54, 1.807) is 12.1 Å². The average Bonchev–Trinajstić information content (AvgIpc) is 2.50. The summed E-state index contributed by atoms with van der Waals surface area (Å²) in [4.78, 5) is 23.3. The van der Waals surface area contributed by atoms with E-state index in [1.165, 1.54) is 7.11 Å². The third kappa shape index (κ3) is 4.14. The monoisotopic (exact) mass is 311 g/mol. The number of carbonyl (C=O) groups excluding carboxylic acids is 1. The number of methoxy groups -OCH3 is 1. The predicted molar refractivity (Wildman–Crippen MR) is 84.4 cm³/mol. The molecule has 0 aliphatic heterocycles. The van der Waals surface area contributed by atoms with Gasteiger partial charge in [-0.3, -0.25) is 4.79 Å². The van der Waals surface area contributed by atoms with Gasteiger partial charge in [-0.2, -0.15) is 12.6 Å². The van der Waals surface area contributed by atoms with Gasteiger partial charge in [-0.05, 0) is 24.0 Å². The molecule has 0 saturated carbocycles. The number of nitrogens with one attached hydrogen (secondary N) is 1. The largest absolute Gasteiger partial charge is 0.496 e. The lowest BCUT2D eigenvalue weighted by Crippen LogP contribution is -2.42. The van der Waals surface area contributed by atoms with E-state index in [0.717, 1.165) is 12.0 Å². The lowest BCUT2D eigenvalue weighted by Gasteiger charge is -2.18. The molecule has 21 heavy (non-hydrogen) atoms. The molecule has 0 saturated heterocycles. The van der Waals surface area contributed by atoms with Crippen LogP contribution in [0.15, 0.2) is 18.2 Å². The number of carboxylic acids is 1. The van der Waals surface area contributed by atoms with Gasteiger partial charge in [0.05, 0.1) is 12.7 Å². The number of para-hydroxylation sites is 1. The second-order valence-corrected chi connectivity index (χ2v) is 5.15. The first-order valence-corrected chi connectivity index (χ1v) is 7.40. The molecular formula is C15H21NO4S. The van der Waals surface area contributed by atoms with Gasteiger partial charge in [0, 0.05) is 5.75 Å². The lowest BCUT2D eigenvalue weighted by atomic mass is 9.95. The third-order valence-corrected chi connectivity index (χ3v) is 3.79. The molecule has 2 N–H and O–H groups in total. The van der Waals surface area contributed by atoms with Gasteiger partial charge in [-0.15, -0.1) is 0 Å². The van der Waals surface area contributed by atoms with Crippen LogP contribution in [0.4, 0.5) is 0 Å². The number of thiol groups is 1. The maximum atomic E-state index is 12.3. The van der Waals surface area contributed by atoms with E-state index in [1.807, 2.05) is 13.0 Å². The highest BCUT2D eigenvalue weighted by molar-refractivity contribution is 7.80. The summed E-state index contributed by atoms with van der Waals surface area (Å²) in [6.45, 7) is 4.10. The number of carboxylic acid groups (broad SMARTS) is 1. The Morgan fingerprint density at radius 2 is 2.10 bits per heavy atom. The van der Waals surface area contributed by atoms with Crippen LogP contribution in [0.3, 0.4) is 0 Å². The minimum atomic E-state index is -1.12. The van der Waals surface area contributed by atoms with Crippen molar-refractivity contribution in [2.75, 3.05) is 12.9 Å². The number of hydrogen-bond acceptors (Lipinski definition) is 4. The van der Waals surface area contributed by atoms with Crippen molar-refractivity contribution in [1.82, 2.24) is 5.32 Å². The molecule has 2 atom stereocenters. The highest BCUT2D eigenvalue weighted by atomic mass is 32.1. The standard InChI is InChI=1S/C15H21NO4S/c1-4-9(2)10-6-5-7-11(13(10)20-3)14(17)16-12(8-21)15(18)19/h5-7,9,12,21H,4,8H2,1-3H3,(H,16,17)(H,18,19)/t9?,12-/m0/s1.